The molecule has 0 bridgehead atoms. The third-order valence-corrected chi connectivity index (χ3v) is 3.22. The molecule has 0 atom stereocenters. The van der Waals surface area contributed by atoms with E-state index in [1.54, 1.807) is 0 Å². The van der Waals surface area contributed by atoms with Crippen LogP contribution in [-0.4, -0.2) is 25.1 Å². The lowest BCUT2D eigenvalue weighted by atomic mass is 10.1. The van der Waals surface area contributed by atoms with Gasteiger partial charge >= 0.3 is 0 Å². The van der Waals surface area contributed by atoms with Gasteiger partial charge in [0.1, 0.15) is 5.82 Å². The molecular weight excluding hydrogens is 198 g/mol. The van der Waals surface area contributed by atoms with Crippen molar-refractivity contribution in [3.05, 3.63) is 18.3 Å². The SMILES string of the molecule is CNc1cc(N2CCCCCCC2)ccn1. The molecule has 0 spiro atoms. The Bertz CT molecular complexity index is 317. The summed E-state index contributed by atoms with van der Waals surface area (Å²) in [4.78, 5) is 6.74. The van der Waals surface area contributed by atoms with Gasteiger partial charge in [-0.25, -0.2) is 4.98 Å². The van der Waals surface area contributed by atoms with Crippen LogP contribution in [0.4, 0.5) is 11.5 Å². The summed E-state index contributed by atoms with van der Waals surface area (Å²) in [5, 5.41) is 3.10. The highest BCUT2D eigenvalue weighted by Crippen LogP contribution is 2.20. The molecule has 88 valence electrons. The largest absolute Gasteiger partial charge is 0.373 e. The van der Waals surface area contributed by atoms with Crippen molar-refractivity contribution in [2.45, 2.75) is 32.1 Å². The summed E-state index contributed by atoms with van der Waals surface area (Å²) in [7, 11) is 1.92. The van der Waals surface area contributed by atoms with Crippen molar-refractivity contribution in [2.24, 2.45) is 0 Å². The molecule has 0 aliphatic carbocycles. The van der Waals surface area contributed by atoms with Crippen LogP contribution >= 0.6 is 0 Å². The molecule has 1 saturated heterocycles. The summed E-state index contributed by atoms with van der Waals surface area (Å²) >= 11 is 0. The van der Waals surface area contributed by atoms with Gasteiger partial charge in [-0.3, -0.25) is 0 Å². The molecule has 0 unspecified atom stereocenters. The van der Waals surface area contributed by atoms with Gasteiger partial charge in [0.25, 0.3) is 0 Å². The lowest BCUT2D eigenvalue weighted by molar-refractivity contribution is 0.556. The number of rotatable bonds is 2. The molecule has 0 radical (unpaired) electrons. The lowest BCUT2D eigenvalue weighted by Crippen LogP contribution is -2.27. The van der Waals surface area contributed by atoms with Crippen LogP contribution in [-0.2, 0) is 0 Å². The second kappa shape index (κ2) is 5.73. The normalized spacial score (nSPS) is 17.7. The molecule has 1 N–H and O–H groups in total. The molecule has 16 heavy (non-hydrogen) atoms. The molecular formula is C13H21N3. The Kier molecular flexibility index (Phi) is 4.03. The van der Waals surface area contributed by atoms with Crippen LogP contribution in [0.2, 0.25) is 0 Å². The molecule has 1 aromatic rings. The Hall–Kier alpha value is -1.25. The predicted molar refractivity (Wildman–Crippen MR) is 69.1 cm³/mol. The van der Waals surface area contributed by atoms with Crippen molar-refractivity contribution in [1.82, 2.24) is 4.98 Å². The Labute approximate surface area is 97.9 Å². The summed E-state index contributed by atoms with van der Waals surface area (Å²) in [6.45, 7) is 2.38. The van der Waals surface area contributed by atoms with Crippen molar-refractivity contribution in [3.8, 4) is 0 Å². The molecule has 1 aliphatic rings. The lowest BCUT2D eigenvalue weighted by Gasteiger charge is -2.27. The Balaban J connectivity index is 2.07. The first-order chi connectivity index (χ1) is 7.90. The quantitative estimate of drug-likeness (QED) is 0.829. The van der Waals surface area contributed by atoms with E-state index in [9.17, 15) is 0 Å². The van der Waals surface area contributed by atoms with E-state index in [1.165, 1.54) is 50.9 Å². The molecule has 3 heteroatoms. The first kappa shape index (κ1) is 11.2. The van der Waals surface area contributed by atoms with Crippen LogP contribution in [0.1, 0.15) is 32.1 Å². The third kappa shape index (κ3) is 2.87. The van der Waals surface area contributed by atoms with Crippen molar-refractivity contribution < 1.29 is 0 Å². The zero-order chi connectivity index (χ0) is 11.2. The van der Waals surface area contributed by atoms with E-state index in [0.717, 1.165) is 5.82 Å². The van der Waals surface area contributed by atoms with E-state index in [2.05, 4.69) is 27.3 Å². The monoisotopic (exact) mass is 219 g/mol. The first-order valence-corrected chi connectivity index (χ1v) is 6.29. The maximum Gasteiger partial charge on any atom is 0.127 e. The number of nitrogens with one attached hydrogen (secondary N) is 1. The molecule has 1 fully saturated rings. The fraction of sp³-hybridized carbons (Fsp3) is 0.615. The minimum Gasteiger partial charge on any atom is -0.373 e. The second-order valence-corrected chi connectivity index (χ2v) is 4.40. The summed E-state index contributed by atoms with van der Waals surface area (Å²) in [5.74, 6) is 0.958. The molecule has 2 rings (SSSR count). The van der Waals surface area contributed by atoms with Gasteiger partial charge in [-0.1, -0.05) is 19.3 Å². The molecule has 0 saturated carbocycles. The van der Waals surface area contributed by atoms with Crippen molar-refractivity contribution in [2.75, 3.05) is 30.4 Å². The summed E-state index contributed by atoms with van der Waals surface area (Å²) in [6, 6.07) is 4.25. The van der Waals surface area contributed by atoms with E-state index in [1.807, 2.05) is 13.2 Å². The van der Waals surface area contributed by atoms with Crippen LogP contribution < -0.4 is 10.2 Å². The van der Waals surface area contributed by atoms with Gasteiger partial charge < -0.3 is 10.2 Å². The number of pyridine rings is 1. The minimum absolute atomic E-state index is 0.958. The Morgan fingerprint density at radius 3 is 2.50 bits per heavy atom. The van der Waals surface area contributed by atoms with E-state index >= 15 is 0 Å². The van der Waals surface area contributed by atoms with Gasteiger partial charge in [0.05, 0.1) is 0 Å². The van der Waals surface area contributed by atoms with Gasteiger partial charge in [-0.05, 0) is 18.9 Å². The number of nitrogens with zero attached hydrogens (tertiary/aromatic N) is 2. The topological polar surface area (TPSA) is 28.2 Å². The molecule has 1 aromatic heterocycles. The van der Waals surface area contributed by atoms with Crippen LogP contribution in [0.5, 0.6) is 0 Å². The fourth-order valence-electron chi connectivity index (χ4n) is 2.26. The summed E-state index contributed by atoms with van der Waals surface area (Å²) in [5.41, 5.74) is 1.31. The van der Waals surface area contributed by atoms with Gasteiger partial charge in [0.15, 0.2) is 0 Å². The van der Waals surface area contributed by atoms with Gasteiger partial charge in [-0.15, -0.1) is 0 Å². The van der Waals surface area contributed by atoms with E-state index in [-0.39, 0.29) is 0 Å². The fourth-order valence-corrected chi connectivity index (χ4v) is 2.26. The molecule has 0 aromatic carbocycles. The Morgan fingerprint density at radius 1 is 1.12 bits per heavy atom. The van der Waals surface area contributed by atoms with Crippen LogP contribution in [0.3, 0.4) is 0 Å². The van der Waals surface area contributed by atoms with E-state index in [4.69, 9.17) is 0 Å². The number of anilines is 2. The minimum atomic E-state index is 0.958. The maximum absolute atomic E-state index is 4.26. The van der Waals surface area contributed by atoms with Crippen LogP contribution in [0, 0.1) is 0 Å². The van der Waals surface area contributed by atoms with Crippen LogP contribution in [0.15, 0.2) is 18.3 Å². The zero-order valence-electron chi connectivity index (χ0n) is 10.1. The highest BCUT2D eigenvalue weighted by Gasteiger charge is 2.09. The Morgan fingerprint density at radius 2 is 1.81 bits per heavy atom. The van der Waals surface area contributed by atoms with Crippen molar-refractivity contribution in [3.63, 3.8) is 0 Å². The smallest absolute Gasteiger partial charge is 0.127 e. The summed E-state index contributed by atoms with van der Waals surface area (Å²) < 4.78 is 0. The number of aromatic nitrogens is 1. The average molecular weight is 219 g/mol. The molecule has 1 aliphatic heterocycles. The third-order valence-electron chi connectivity index (χ3n) is 3.22. The summed E-state index contributed by atoms with van der Waals surface area (Å²) in [6.07, 6.45) is 8.68. The zero-order valence-corrected chi connectivity index (χ0v) is 10.1. The standard InChI is InChI=1S/C13H21N3/c1-14-13-11-12(7-8-15-13)16-9-5-3-2-4-6-10-16/h7-8,11H,2-6,9-10H2,1H3,(H,14,15). The van der Waals surface area contributed by atoms with Gasteiger partial charge in [0.2, 0.25) is 0 Å². The molecule has 3 nitrogen and oxygen atoms in total. The number of hydrogen-bond acceptors (Lipinski definition) is 3. The van der Waals surface area contributed by atoms with Crippen molar-refractivity contribution >= 4 is 11.5 Å². The predicted octanol–water partition coefficient (Wildman–Crippen LogP) is 2.89. The number of hydrogen-bond donors (Lipinski definition) is 1. The van der Waals surface area contributed by atoms with E-state index < -0.39 is 0 Å². The van der Waals surface area contributed by atoms with Gasteiger partial charge in [0, 0.05) is 38.1 Å². The average Bonchev–Trinajstić information content (AvgIpc) is 2.29. The maximum atomic E-state index is 4.26. The first-order valence-electron chi connectivity index (χ1n) is 6.29. The second-order valence-electron chi connectivity index (χ2n) is 4.40. The van der Waals surface area contributed by atoms with E-state index in [0.29, 0.717) is 0 Å². The molecule has 0 amide bonds. The van der Waals surface area contributed by atoms with Gasteiger partial charge in [-0.2, -0.15) is 0 Å². The molecule has 2 heterocycles. The van der Waals surface area contributed by atoms with Crippen LogP contribution in [0.25, 0.3) is 0 Å². The van der Waals surface area contributed by atoms with Crippen molar-refractivity contribution in [1.29, 1.82) is 0 Å². The highest BCUT2D eigenvalue weighted by atomic mass is 15.1. The highest BCUT2D eigenvalue weighted by molar-refractivity contribution is 5.53.